The first-order valence-corrected chi connectivity index (χ1v) is 11.0. The van der Waals surface area contributed by atoms with E-state index in [1.54, 1.807) is 6.92 Å². The molecule has 2 fully saturated rings. The van der Waals surface area contributed by atoms with Gasteiger partial charge in [0.25, 0.3) is 5.19 Å². The van der Waals surface area contributed by atoms with Crippen molar-refractivity contribution in [1.29, 1.82) is 0 Å². The van der Waals surface area contributed by atoms with Gasteiger partial charge >= 0.3 is 0 Å². The first kappa shape index (κ1) is 19.6. The van der Waals surface area contributed by atoms with Crippen molar-refractivity contribution in [3.63, 3.8) is 0 Å². The van der Waals surface area contributed by atoms with Crippen LogP contribution in [0.2, 0.25) is 0 Å². The molecular formula is C21H28N2O4S. The van der Waals surface area contributed by atoms with E-state index >= 15 is 0 Å². The summed E-state index contributed by atoms with van der Waals surface area (Å²) in [5.41, 5.74) is 0.861. The average molecular weight is 405 g/mol. The molecule has 0 spiro atoms. The molecule has 4 rings (SSSR count). The van der Waals surface area contributed by atoms with Crippen LogP contribution in [0.3, 0.4) is 0 Å². The van der Waals surface area contributed by atoms with Gasteiger partial charge in [0.1, 0.15) is 11.3 Å². The highest BCUT2D eigenvalue weighted by Gasteiger charge is 2.31. The Bertz CT molecular complexity index is 814. The zero-order chi connectivity index (χ0) is 19.5. The normalized spacial score (nSPS) is 22.6. The fourth-order valence-corrected chi connectivity index (χ4v) is 4.19. The first-order chi connectivity index (χ1) is 13.5. The van der Waals surface area contributed by atoms with Gasteiger partial charge in [-0.25, -0.2) is 9.97 Å². The maximum atomic E-state index is 11.1. The molecular weight excluding hydrogens is 376 g/mol. The fraction of sp³-hybridized carbons (Fsp3) is 0.667. The largest absolute Gasteiger partial charge is 0.477 e. The van der Waals surface area contributed by atoms with Gasteiger partial charge in [0.15, 0.2) is 4.83 Å². The zero-order valence-corrected chi connectivity index (χ0v) is 17.4. The number of aromatic nitrogens is 2. The quantitative estimate of drug-likeness (QED) is 0.557. The Hall–Kier alpha value is -1.73. The van der Waals surface area contributed by atoms with E-state index in [4.69, 9.17) is 14.2 Å². The van der Waals surface area contributed by atoms with Crippen LogP contribution in [0.25, 0.3) is 10.3 Å². The summed E-state index contributed by atoms with van der Waals surface area (Å²) in [5.74, 6) is 2.38. The van der Waals surface area contributed by atoms with Crippen molar-refractivity contribution < 1.29 is 19.0 Å². The van der Waals surface area contributed by atoms with Crippen molar-refractivity contribution in [2.24, 2.45) is 17.8 Å². The predicted molar refractivity (Wildman–Crippen MR) is 108 cm³/mol. The second kappa shape index (κ2) is 8.74. The van der Waals surface area contributed by atoms with E-state index in [9.17, 15) is 4.79 Å². The van der Waals surface area contributed by atoms with Crippen molar-refractivity contribution in [2.45, 2.75) is 52.1 Å². The number of thiazole rings is 1. The van der Waals surface area contributed by atoms with Crippen molar-refractivity contribution in [2.75, 3.05) is 19.8 Å². The summed E-state index contributed by atoms with van der Waals surface area (Å²) in [7, 11) is 0. The van der Waals surface area contributed by atoms with E-state index in [-0.39, 0.29) is 5.78 Å². The molecule has 1 atom stereocenters. The van der Waals surface area contributed by atoms with Gasteiger partial charge in [-0.3, -0.25) is 0 Å². The molecule has 0 N–H and O–H groups in total. The molecule has 0 radical (unpaired) electrons. The van der Waals surface area contributed by atoms with Crippen LogP contribution in [0.1, 0.15) is 46.0 Å². The molecule has 0 saturated heterocycles. The first-order valence-electron chi connectivity index (χ1n) is 10.2. The van der Waals surface area contributed by atoms with Gasteiger partial charge in [-0.2, -0.15) is 0 Å². The summed E-state index contributed by atoms with van der Waals surface area (Å²) >= 11 is 1.48. The minimum atomic E-state index is 0.225. The summed E-state index contributed by atoms with van der Waals surface area (Å²) in [6, 6.07) is 3.82. The second-order valence-corrected chi connectivity index (χ2v) is 9.26. The topological polar surface area (TPSA) is 70.5 Å². The minimum absolute atomic E-state index is 0.225. The molecule has 2 aliphatic carbocycles. The van der Waals surface area contributed by atoms with Crippen LogP contribution >= 0.6 is 11.3 Å². The molecule has 152 valence electrons. The smallest absolute Gasteiger partial charge is 0.275 e. The molecule has 2 heterocycles. The number of ketones is 1. The van der Waals surface area contributed by atoms with Crippen LogP contribution in [0.4, 0.5) is 0 Å². The van der Waals surface area contributed by atoms with Crippen molar-refractivity contribution >= 4 is 27.5 Å². The lowest BCUT2D eigenvalue weighted by Crippen LogP contribution is -2.36. The molecule has 0 aliphatic heterocycles. The summed E-state index contributed by atoms with van der Waals surface area (Å²) in [4.78, 5) is 21.0. The highest BCUT2D eigenvalue weighted by atomic mass is 32.1. The number of hydrogen-bond acceptors (Lipinski definition) is 7. The van der Waals surface area contributed by atoms with Gasteiger partial charge in [-0.1, -0.05) is 18.3 Å². The minimum Gasteiger partial charge on any atom is -0.477 e. The van der Waals surface area contributed by atoms with E-state index in [2.05, 4.69) is 16.9 Å². The highest BCUT2D eigenvalue weighted by molar-refractivity contribution is 7.19. The number of pyridine rings is 1. The Morgan fingerprint density at radius 3 is 2.71 bits per heavy atom. The molecule has 2 saturated carbocycles. The van der Waals surface area contributed by atoms with Gasteiger partial charge in [-0.05, 0) is 56.4 Å². The molecule has 0 bridgehead atoms. The van der Waals surface area contributed by atoms with Gasteiger partial charge in [0.2, 0.25) is 5.88 Å². The summed E-state index contributed by atoms with van der Waals surface area (Å²) < 4.78 is 17.5. The summed E-state index contributed by atoms with van der Waals surface area (Å²) in [6.07, 6.45) is 5.45. The monoisotopic (exact) mass is 404 g/mol. The molecule has 2 aromatic rings. The Morgan fingerprint density at radius 2 is 1.96 bits per heavy atom. The molecule has 0 unspecified atom stereocenters. The summed E-state index contributed by atoms with van der Waals surface area (Å²) in [5, 5.41) is 0.699. The Kier molecular flexibility index (Phi) is 6.11. The number of hydrogen-bond donors (Lipinski definition) is 0. The molecule has 28 heavy (non-hydrogen) atoms. The van der Waals surface area contributed by atoms with Crippen LogP contribution in [0.5, 0.6) is 11.1 Å². The number of ether oxygens (including phenoxy) is 3. The molecule has 2 aromatic heterocycles. The van der Waals surface area contributed by atoms with Crippen molar-refractivity contribution in [3.05, 3.63) is 12.1 Å². The molecule has 2 aliphatic rings. The van der Waals surface area contributed by atoms with E-state index in [1.165, 1.54) is 24.2 Å². The number of carbonyl (C=O) groups is 1. The molecule has 0 aromatic carbocycles. The highest BCUT2D eigenvalue weighted by Crippen LogP contribution is 2.34. The Labute approximate surface area is 169 Å². The SMILES string of the molecule is CC(=O)C[C@@H](C)COC1CC(COc2ccc3nc(OCC4CC4)sc3n2)C1. The molecule has 6 nitrogen and oxygen atoms in total. The van der Waals surface area contributed by atoms with Gasteiger partial charge in [-0.15, -0.1) is 0 Å². The van der Waals surface area contributed by atoms with Crippen LogP contribution in [0.15, 0.2) is 12.1 Å². The number of fused-ring (bicyclic) bond motifs is 1. The van der Waals surface area contributed by atoms with Crippen LogP contribution in [-0.4, -0.2) is 41.7 Å². The van der Waals surface area contributed by atoms with Gasteiger partial charge in [0, 0.05) is 19.1 Å². The number of nitrogens with zero attached hydrogens (tertiary/aromatic N) is 2. The average Bonchev–Trinajstić information content (AvgIpc) is 3.35. The standard InChI is InChI=1S/C21H28N2O4S/c1-13(7-14(2)24)10-25-17-8-16(9-17)12-26-19-6-5-18-20(23-19)28-21(22-18)27-11-15-3-4-15/h5-6,13,15-17H,3-4,7-12H2,1-2H3/t13-,16?,17?/m1/s1. The van der Waals surface area contributed by atoms with Gasteiger partial charge < -0.3 is 19.0 Å². The third-order valence-electron chi connectivity index (χ3n) is 5.26. The number of Topliss-reactive ketones (excluding diaryl/α,β-unsaturated/α-hetero) is 1. The third kappa shape index (κ3) is 5.41. The molecule has 7 heteroatoms. The van der Waals surface area contributed by atoms with Crippen LogP contribution < -0.4 is 9.47 Å². The fourth-order valence-electron chi connectivity index (χ4n) is 3.40. The number of rotatable bonds is 11. The van der Waals surface area contributed by atoms with Gasteiger partial charge in [0.05, 0.1) is 19.3 Å². The second-order valence-electron chi connectivity index (χ2n) is 8.32. The van der Waals surface area contributed by atoms with E-state index in [0.29, 0.717) is 54.6 Å². The number of carbonyl (C=O) groups excluding carboxylic acids is 1. The lowest BCUT2D eigenvalue weighted by atomic mass is 9.83. The van der Waals surface area contributed by atoms with E-state index in [0.717, 1.165) is 29.8 Å². The zero-order valence-electron chi connectivity index (χ0n) is 16.6. The van der Waals surface area contributed by atoms with Crippen LogP contribution in [0, 0.1) is 17.8 Å². The van der Waals surface area contributed by atoms with Crippen molar-refractivity contribution in [3.8, 4) is 11.1 Å². The van der Waals surface area contributed by atoms with Crippen LogP contribution in [-0.2, 0) is 9.53 Å². The third-order valence-corrected chi connectivity index (χ3v) is 6.14. The Balaban J connectivity index is 1.18. The predicted octanol–water partition coefficient (Wildman–Crippen LogP) is 4.27. The maximum absolute atomic E-state index is 11.1. The molecule has 0 amide bonds. The van der Waals surface area contributed by atoms with E-state index < -0.39 is 0 Å². The van der Waals surface area contributed by atoms with Crippen molar-refractivity contribution in [1.82, 2.24) is 9.97 Å². The maximum Gasteiger partial charge on any atom is 0.275 e. The summed E-state index contributed by atoms with van der Waals surface area (Å²) in [6.45, 7) is 5.77. The lowest BCUT2D eigenvalue weighted by Gasteiger charge is -2.35. The van der Waals surface area contributed by atoms with E-state index in [1.807, 2.05) is 12.1 Å². The Morgan fingerprint density at radius 1 is 1.18 bits per heavy atom. The lowest BCUT2D eigenvalue weighted by molar-refractivity contribution is -0.119.